The lowest BCUT2D eigenvalue weighted by molar-refractivity contribution is -0.139. The first kappa shape index (κ1) is 14.3. The Kier molecular flexibility index (Phi) is 4.76. The maximum atomic E-state index is 12.3. The Morgan fingerprint density at radius 2 is 1.84 bits per heavy atom. The maximum absolute atomic E-state index is 12.3. The van der Waals surface area contributed by atoms with Crippen molar-refractivity contribution in [1.29, 1.82) is 0 Å². The van der Waals surface area contributed by atoms with E-state index in [1.54, 1.807) is 0 Å². The monoisotopic (exact) mass is 269 g/mol. The molecule has 19 heavy (non-hydrogen) atoms. The van der Waals surface area contributed by atoms with Crippen LogP contribution in [0.3, 0.4) is 0 Å². The predicted octanol–water partition coefficient (Wildman–Crippen LogP) is -0.443. The summed E-state index contributed by atoms with van der Waals surface area (Å²) in [5.41, 5.74) is 0. The molecule has 1 amide bonds. The summed E-state index contributed by atoms with van der Waals surface area (Å²) in [6.07, 6.45) is 1.15. The lowest BCUT2D eigenvalue weighted by Gasteiger charge is -2.35. The molecule has 1 N–H and O–H groups in total. The minimum atomic E-state index is -0.757. The van der Waals surface area contributed by atoms with Gasteiger partial charge in [0.25, 0.3) is 0 Å². The van der Waals surface area contributed by atoms with Crippen LogP contribution in [0, 0.1) is 5.92 Å². The number of amides is 1. The van der Waals surface area contributed by atoms with E-state index >= 15 is 0 Å². The first-order valence-corrected chi connectivity index (χ1v) is 6.97. The fourth-order valence-corrected chi connectivity index (χ4v) is 2.84. The molecule has 2 rings (SSSR count). The zero-order valence-corrected chi connectivity index (χ0v) is 11.5. The second-order valence-electron chi connectivity index (χ2n) is 5.56. The van der Waals surface area contributed by atoms with Crippen molar-refractivity contribution in [1.82, 2.24) is 14.7 Å². The molecule has 2 saturated heterocycles. The van der Waals surface area contributed by atoms with Gasteiger partial charge in [0.1, 0.15) is 0 Å². The molecule has 0 radical (unpaired) electrons. The number of carbonyl (C=O) groups is 2. The Morgan fingerprint density at radius 1 is 1.16 bits per heavy atom. The highest BCUT2D eigenvalue weighted by Gasteiger charge is 2.31. The van der Waals surface area contributed by atoms with Crippen LogP contribution in [0.15, 0.2) is 0 Å². The van der Waals surface area contributed by atoms with E-state index < -0.39 is 5.97 Å². The van der Waals surface area contributed by atoms with Crippen LogP contribution in [-0.4, -0.2) is 84.5 Å². The van der Waals surface area contributed by atoms with Crippen LogP contribution in [-0.2, 0) is 9.59 Å². The van der Waals surface area contributed by atoms with Crippen LogP contribution in [0.4, 0.5) is 0 Å². The van der Waals surface area contributed by atoms with Gasteiger partial charge < -0.3 is 14.9 Å². The average Bonchev–Trinajstić information content (AvgIpc) is 2.83. The van der Waals surface area contributed by atoms with E-state index in [0.29, 0.717) is 6.54 Å². The largest absolute Gasteiger partial charge is 0.481 e. The van der Waals surface area contributed by atoms with Gasteiger partial charge in [-0.1, -0.05) is 0 Å². The third kappa shape index (κ3) is 3.91. The van der Waals surface area contributed by atoms with Crippen molar-refractivity contribution >= 4 is 11.9 Å². The van der Waals surface area contributed by atoms with Crippen LogP contribution >= 0.6 is 0 Å². The summed E-state index contributed by atoms with van der Waals surface area (Å²) in [7, 11) is 2.05. The van der Waals surface area contributed by atoms with Gasteiger partial charge in [-0.25, -0.2) is 0 Å². The molecule has 0 aromatic carbocycles. The number of carboxylic acids is 1. The van der Waals surface area contributed by atoms with Crippen LogP contribution in [0.2, 0.25) is 0 Å². The smallest absolute Gasteiger partial charge is 0.304 e. The van der Waals surface area contributed by atoms with E-state index in [2.05, 4.69) is 16.8 Å². The molecule has 2 fully saturated rings. The van der Waals surface area contributed by atoms with Gasteiger partial charge in [-0.3, -0.25) is 14.5 Å². The number of aliphatic carboxylic acids is 1. The fraction of sp³-hybridized carbons (Fsp3) is 0.846. The molecule has 2 aliphatic rings. The molecule has 1 atom stereocenters. The molecule has 0 spiro atoms. The van der Waals surface area contributed by atoms with Gasteiger partial charge in [0.2, 0.25) is 5.91 Å². The number of hydrogen-bond donors (Lipinski definition) is 1. The molecule has 2 aliphatic heterocycles. The summed E-state index contributed by atoms with van der Waals surface area (Å²) in [5.74, 6) is -0.315. The highest BCUT2D eigenvalue weighted by Crippen LogP contribution is 2.18. The van der Waals surface area contributed by atoms with Crippen molar-refractivity contribution in [2.45, 2.75) is 12.8 Å². The first-order chi connectivity index (χ1) is 9.06. The van der Waals surface area contributed by atoms with E-state index in [1.807, 2.05) is 4.90 Å². The Hall–Kier alpha value is -1.14. The molecule has 0 aliphatic carbocycles. The van der Waals surface area contributed by atoms with E-state index in [9.17, 15) is 9.59 Å². The molecule has 0 aromatic rings. The number of nitrogens with zero attached hydrogens (tertiary/aromatic N) is 3. The molecule has 0 bridgehead atoms. The van der Waals surface area contributed by atoms with E-state index in [1.165, 1.54) is 0 Å². The van der Waals surface area contributed by atoms with Gasteiger partial charge in [-0.05, 0) is 20.0 Å². The number of likely N-dealkylation sites (tertiary alicyclic amines) is 1. The third-order valence-corrected chi connectivity index (χ3v) is 4.07. The molecule has 0 aromatic heterocycles. The predicted molar refractivity (Wildman–Crippen MR) is 70.9 cm³/mol. The number of carbonyl (C=O) groups excluding carboxylic acids is 1. The Morgan fingerprint density at radius 3 is 2.37 bits per heavy atom. The van der Waals surface area contributed by atoms with E-state index in [0.717, 1.165) is 45.7 Å². The molecule has 6 heteroatoms. The number of piperazine rings is 1. The highest BCUT2D eigenvalue weighted by atomic mass is 16.4. The summed E-state index contributed by atoms with van der Waals surface area (Å²) < 4.78 is 0. The molecule has 0 saturated carbocycles. The van der Waals surface area contributed by atoms with Crippen molar-refractivity contribution < 1.29 is 14.7 Å². The zero-order valence-electron chi connectivity index (χ0n) is 11.5. The summed E-state index contributed by atoms with van der Waals surface area (Å²) in [6, 6.07) is 0. The van der Waals surface area contributed by atoms with Crippen molar-refractivity contribution in [3.63, 3.8) is 0 Å². The second-order valence-corrected chi connectivity index (χ2v) is 5.56. The molecular weight excluding hydrogens is 246 g/mol. The quantitative estimate of drug-likeness (QED) is 0.749. The molecule has 2 heterocycles. The van der Waals surface area contributed by atoms with Crippen LogP contribution in [0.25, 0.3) is 0 Å². The van der Waals surface area contributed by atoms with Crippen molar-refractivity contribution in [2.24, 2.45) is 5.92 Å². The maximum Gasteiger partial charge on any atom is 0.304 e. The summed E-state index contributed by atoms with van der Waals surface area (Å²) >= 11 is 0. The number of rotatable bonds is 4. The lowest BCUT2D eigenvalue weighted by Crippen LogP contribution is -2.50. The molecule has 1 unspecified atom stereocenters. The van der Waals surface area contributed by atoms with Crippen LogP contribution in [0.1, 0.15) is 12.8 Å². The van der Waals surface area contributed by atoms with Gasteiger partial charge in [0.05, 0.1) is 12.3 Å². The third-order valence-electron chi connectivity index (χ3n) is 4.07. The SMILES string of the molecule is CN1CCC(C(=O)N2CCN(CCC(=O)O)CC2)C1. The Bertz CT molecular complexity index is 340. The lowest BCUT2D eigenvalue weighted by atomic mass is 10.1. The summed E-state index contributed by atoms with van der Waals surface area (Å²) in [4.78, 5) is 29.1. The first-order valence-electron chi connectivity index (χ1n) is 6.97. The normalized spacial score (nSPS) is 25.7. The van der Waals surface area contributed by atoms with Gasteiger partial charge >= 0.3 is 5.97 Å². The molecule has 108 valence electrons. The Balaban J connectivity index is 1.73. The molecular formula is C13H23N3O3. The average molecular weight is 269 g/mol. The minimum absolute atomic E-state index is 0.163. The summed E-state index contributed by atoms with van der Waals surface area (Å²) in [5, 5.41) is 8.66. The number of hydrogen-bond acceptors (Lipinski definition) is 4. The number of carboxylic acid groups (broad SMARTS) is 1. The van der Waals surface area contributed by atoms with Gasteiger partial charge in [0, 0.05) is 39.3 Å². The second kappa shape index (κ2) is 6.34. The minimum Gasteiger partial charge on any atom is -0.481 e. The summed E-state index contributed by atoms with van der Waals surface area (Å²) in [6.45, 7) is 5.52. The van der Waals surface area contributed by atoms with Crippen LogP contribution in [0.5, 0.6) is 0 Å². The fourth-order valence-electron chi connectivity index (χ4n) is 2.84. The van der Waals surface area contributed by atoms with Gasteiger partial charge in [-0.2, -0.15) is 0 Å². The standard InChI is InChI=1S/C13H23N3O3/c1-14-4-2-11(10-14)13(19)16-8-6-15(7-9-16)5-3-12(17)18/h11H,2-10H2,1H3,(H,17,18). The Labute approximate surface area is 114 Å². The van der Waals surface area contributed by atoms with Crippen molar-refractivity contribution in [3.05, 3.63) is 0 Å². The van der Waals surface area contributed by atoms with Crippen LogP contribution < -0.4 is 0 Å². The van der Waals surface area contributed by atoms with E-state index in [-0.39, 0.29) is 18.2 Å². The van der Waals surface area contributed by atoms with E-state index in [4.69, 9.17) is 5.11 Å². The molecule has 6 nitrogen and oxygen atoms in total. The topological polar surface area (TPSA) is 64.1 Å². The van der Waals surface area contributed by atoms with Gasteiger partial charge in [0.15, 0.2) is 0 Å². The van der Waals surface area contributed by atoms with Gasteiger partial charge in [-0.15, -0.1) is 0 Å². The van der Waals surface area contributed by atoms with Crippen molar-refractivity contribution in [2.75, 3.05) is 52.9 Å². The van der Waals surface area contributed by atoms with Crippen molar-refractivity contribution in [3.8, 4) is 0 Å². The zero-order chi connectivity index (χ0) is 13.8. The highest BCUT2D eigenvalue weighted by molar-refractivity contribution is 5.79.